The van der Waals surface area contributed by atoms with Crippen molar-refractivity contribution in [1.29, 1.82) is 0 Å². The van der Waals surface area contributed by atoms with Gasteiger partial charge in [0.2, 0.25) is 0 Å². The molecule has 5 nitrogen and oxygen atoms in total. The van der Waals surface area contributed by atoms with Gasteiger partial charge in [0, 0.05) is 24.1 Å². The van der Waals surface area contributed by atoms with Crippen molar-refractivity contribution in [2.45, 2.75) is 44.8 Å². The SMILES string of the molecule is O=C(O)COc1ccccc1CN1CCC[C@@]2(CCC[C@H]2O)C1. The zero-order valence-electron chi connectivity index (χ0n) is 13.4. The summed E-state index contributed by atoms with van der Waals surface area (Å²) < 4.78 is 5.40. The molecule has 3 rings (SSSR count). The van der Waals surface area contributed by atoms with Crippen molar-refractivity contribution in [3.63, 3.8) is 0 Å². The van der Waals surface area contributed by atoms with Crippen LogP contribution >= 0.6 is 0 Å². The van der Waals surface area contributed by atoms with Gasteiger partial charge in [-0.05, 0) is 38.3 Å². The van der Waals surface area contributed by atoms with Crippen molar-refractivity contribution < 1.29 is 19.7 Å². The Morgan fingerprint density at radius 3 is 2.83 bits per heavy atom. The van der Waals surface area contributed by atoms with Gasteiger partial charge in [-0.15, -0.1) is 0 Å². The summed E-state index contributed by atoms with van der Waals surface area (Å²) in [5.41, 5.74) is 1.08. The monoisotopic (exact) mass is 319 g/mol. The third-order valence-electron chi connectivity index (χ3n) is 5.26. The van der Waals surface area contributed by atoms with Gasteiger partial charge in [-0.2, -0.15) is 0 Å². The number of hydrogen-bond donors (Lipinski definition) is 2. The first-order chi connectivity index (χ1) is 11.1. The van der Waals surface area contributed by atoms with Crippen LogP contribution < -0.4 is 4.74 Å². The second-order valence-electron chi connectivity index (χ2n) is 6.87. The molecule has 126 valence electrons. The summed E-state index contributed by atoms with van der Waals surface area (Å²) in [5, 5.41) is 19.2. The molecular formula is C18H25NO4. The molecule has 0 aromatic heterocycles. The largest absolute Gasteiger partial charge is 0.482 e. The van der Waals surface area contributed by atoms with Crippen LogP contribution in [0.1, 0.15) is 37.7 Å². The lowest BCUT2D eigenvalue weighted by Gasteiger charge is -2.42. The highest BCUT2D eigenvalue weighted by atomic mass is 16.5. The van der Waals surface area contributed by atoms with E-state index in [0.717, 1.165) is 57.3 Å². The number of aliphatic hydroxyl groups is 1. The summed E-state index contributed by atoms with van der Waals surface area (Å²) in [6.45, 7) is 2.35. The van der Waals surface area contributed by atoms with Crippen molar-refractivity contribution in [2.75, 3.05) is 19.7 Å². The Kier molecular flexibility index (Phi) is 4.87. The molecule has 1 aromatic carbocycles. The zero-order valence-corrected chi connectivity index (χ0v) is 13.4. The Labute approximate surface area is 136 Å². The lowest BCUT2D eigenvalue weighted by atomic mass is 9.76. The molecule has 0 amide bonds. The zero-order chi connectivity index (χ0) is 16.3. The predicted molar refractivity (Wildman–Crippen MR) is 86.4 cm³/mol. The molecule has 0 radical (unpaired) electrons. The molecule has 5 heteroatoms. The third kappa shape index (κ3) is 3.67. The van der Waals surface area contributed by atoms with Gasteiger partial charge in [-0.1, -0.05) is 24.6 Å². The van der Waals surface area contributed by atoms with E-state index in [9.17, 15) is 9.90 Å². The number of carboxylic acids is 1. The summed E-state index contributed by atoms with van der Waals surface area (Å²) in [7, 11) is 0. The number of likely N-dealkylation sites (tertiary alicyclic amines) is 1. The van der Waals surface area contributed by atoms with E-state index in [2.05, 4.69) is 4.90 Å². The van der Waals surface area contributed by atoms with Gasteiger partial charge in [-0.3, -0.25) is 4.90 Å². The summed E-state index contributed by atoms with van der Waals surface area (Å²) in [4.78, 5) is 13.1. The minimum Gasteiger partial charge on any atom is -0.482 e. The first-order valence-electron chi connectivity index (χ1n) is 8.42. The average Bonchev–Trinajstić information content (AvgIpc) is 2.87. The Balaban J connectivity index is 1.68. The van der Waals surface area contributed by atoms with Crippen LogP contribution in [0.25, 0.3) is 0 Å². The van der Waals surface area contributed by atoms with Crippen molar-refractivity contribution in [2.24, 2.45) is 5.41 Å². The second kappa shape index (κ2) is 6.89. The number of carbonyl (C=O) groups is 1. The highest BCUT2D eigenvalue weighted by Gasteiger charge is 2.44. The van der Waals surface area contributed by atoms with Crippen molar-refractivity contribution >= 4 is 5.97 Å². The molecule has 2 aliphatic rings. The molecule has 2 atom stereocenters. The van der Waals surface area contributed by atoms with Crippen LogP contribution in [0.15, 0.2) is 24.3 Å². The number of aliphatic carboxylic acids is 1. The lowest BCUT2D eigenvalue weighted by molar-refractivity contribution is -0.139. The van der Waals surface area contributed by atoms with Crippen LogP contribution in [0.3, 0.4) is 0 Å². The van der Waals surface area contributed by atoms with Crippen LogP contribution in [0.5, 0.6) is 5.75 Å². The molecule has 2 N–H and O–H groups in total. The van der Waals surface area contributed by atoms with E-state index in [1.54, 1.807) is 0 Å². The summed E-state index contributed by atoms with van der Waals surface area (Å²) in [5.74, 6) is -0.327. The van der Waals surface area contributed by atoms with E-state index in [-0.39, 0.29) is 18.1 Å². The van der Waals surface area contributed by atoms with Crippen molar-refractivity contribution in [1.82, 2.24) is 4.90 Å². The average molecular weight is 319 g/mol. The van der Waals surface area contributed by atoms with Gasteiger partial charge in [-0.25, -0.2) is 4.79 Å². The van der Waals surface area contributed by atoms with Gasteiger partial charge in [0.15, 0.2) is 6.61 Å². The number of piperidine rings is 1. The third-order valence-corrected chi connectivity index (χ3v) is 5.26. The highest BCUT2D eigenvalue weighted by molar-refractivity contribution is 5.68. The summed E-state index contributed by atoms with van der Waals surface area (Å²) in [6, 6.07) is 7.62. The van der Waals surface area contributed by atoms with E-state index in [1.807, 2.05) is 24.3 Å². The predicted octanol–water partition coefficient (Wildman–Crippen LogP) is 2.28. The number of nitrogens with zero attached hydrogens (tertiary/aromatic N) is 1. The second-order valence-corrected chi connectivity index (χ2v) is 6.87. The van der Waals surface area contributed by atoms with E-state index >= 15 is 0 Å². The maximum Gasteiger partial charge on any atom is 0.341 e. The molecule has 1 aromatic rings. The first-order valence-corrected chi connectivity index (χ1v) is 8.42. The van der Waals surface area contributed by atoms with Gasteiger partial charge in [0.25, 0.3) is 0 Å². The van der Waals surface area contributed by atoms with E-state index in [1.165, 1.54) is 0 Å². The number of rotatable bonds is 5. The fraction of sp³-hybridized carbons (Fsp3) is 0.611. The lowest BCUT2D eigenvalue weighted by Crippen LogP contribution is -2.46. The number of ether oxygens (including phenoxy) is 1. The molecule has 2 fully saturated rings. The van der Waals surface area contributed by atoms with Crippen LogP contribution in [-0.4, -0.2) is 46.9 Å². The van der Waals surface area contributed by atoms with Gasteiger partial charge >= 0.3 is 5.97 Å². The normalized spacial score (nSPS) is 28.1. The number of hydrogen-bond acceptors (Lipinski definition) is 4. The minimum atomic E-state index is -0.967. The highest BCUT2D eigenvalue weighted by Crippen LogP contribution is 2.45. The molecule has 23 heavy (non-hydrogen) atoms. The number of para-hydroxylation sites is 1. The Morgan fingerprint density at radius 1 is 1.30 bits per heavy atom. The molecule has 1 heterocycles. The first kappa shape index (κ1) is 16.3. The van der Waals surface area contributed by atoms with Gasteiger partial charge < -0.3 is 14.9 Å². The molecule has 1 saturated heterocycles. The standard InChI is InChI=1S/C18H25NO4/c20-16-7-3-8-18(16)9-4-10-19(13-18)11-14-5-1-2-6-15(14)23-12-17(21)22/h1-2,5-6,16,20H,3-4,7-13H2,(H,21,22)/t16-,18+/m1/s1. The topological polar surface area (TPSA) is 70.0 Å². The van der Waals surface area contributed by atoms with E-state index in [0.29, 0.717) is 5.75 Å². The van der Waals surface area contributed by atoms with Gasteiger partial charge in [0.05, 0.1) is 6.10 Å². The summed E-state index contributed by atoms with van der Waals surface area (Å²) >= 11 is 0. The van der Waals surface area contributed by atoms with E-state index in [4.69, 9.17) is 9.84 Å². The molecule has 1 saturated carbocycles. The van der Waals surface area contributed by atoms with Crippen molar-refractivity contribution in [3.8, 4) is 5.75 Å². The van der Waals surface area contributed by atoms with Gasteiger partial charge in [0.1, 0.15) is 5.75 Å². The Bertz CT molecular complexity index is 562. The quantitative estimate of drug-likeness (QED) is 0.871. The molecule has 1 aliphatic carbocycles. The maximum absolute atomic E-state index is 10.7. The van der Waals surface area contributed by atoms with Crippen molar-refractivity contribution in [3.05, 3.63) is 29.8 Å². The van der Waals surface area contributed by atoms with Crippen LogP contribution in [0.4, 0.5) is 0 Å². The fourth-order valence-electron chi connectivity index (χ4n) is 4.15. The smallest absolute Gasteiger partial charge is 0.341 e. The molecule has 1 aliphatic heterocycles. The fourth-order valence-corrected chi connectivity index (χ4v) is 4.15. The molecule has 1 spiro atoms. The van der Waals surface area contributed by atoms with E-state index < -0.39 is 5.97 Å². The van der Waals surface area contributed by atoms with Crippen LogP contribution in [0.2, 0.25) is 0 Å². The maximum atomic E-state index is 10.7. The number of benzene rings is 1. The minimum absolute atomic E-state index is 0.0646. The van der Waals surface area contributed by atoms with Crippen LogP contribution in [0, 0.1) is 5.41 Å². The number of aliphatic hydroxyl groups excluding tert-OH is 1. The molecule has 0 bridgehead atoms. The molecular weight excluding hydrogens is 294 g/mol. The summed E-state index contributed by atoms with van der Waals surface area (Å²) in [6.07, 6.45) is 5.20. The Morgan fingerprint density at radius 2 is 2.09 bits per heavy atom. The van der Waals surface area contributed by atoms with Crippen LogP contribution in [-0.2, 0) is 11.3 Å². The number of carboxylic acid groups (broad SMARTS) is 1. The Hall–Kier alpha value is -1.59. The molecule has 0 unspecified atom stereocenters.